The lowest BCUT2D eigenvalue weighted by Crippen LogP contribution is -1.99. The van der Waals surface area contributed by atoms with E-state index in [1.807, 2.05) is 10.8 Å². The Balaban J connectivity index is 2.45. The van der Waals surface area contributed by atoms with Crippen LogP contribution in [0.5, 0.6) is 5.75 Å². The minimum absolute atomic E-state index is 0.347. The molecule has 0 spiro atoms. The van der Waals surface area contributed by atoms with Crippen molar-refractivity contribution < 1.29 is 4.74 Å². The molecule has 6 heteroatoms. The number of nitriles is 1. The van der Waals surface area contributed by atoms with Gasteiger partial charge in [0.05, 0.1) is 24.6 Å². The smallest absolute Gasteiger partial charge is 0.173 e. The molecule has 0 amide bonds. The van der Waals surface area contributed by atoms with E-state index in [0.29, 0.717) is 16.5 Å². The van der Waals surface area contributed by atoms with Crippen LogP contribution < -0.4 is 4.74 Å². The Kier molecular flexibility index (Phi) is 4.13. The topological polar surface area (TPSA) is 50.8 Å². The maximum absolute atomic E-state index is 8.62. The Morgan fingerprint density at radius 3 is 3.11 bits per heavy atom. The number of thioether (sulfide) groups is 1. The zero-order valence-electron chi connectivity index (χ0n) is 9.63. The summed E-state index contributed by atoms with van der Waals surface area (Å²) in [5.74, 6) is 1.05. The van der Waals surface area contributed by atoms with Gasteiger partial charge in [0.15, 0.2) is 5.16 Å². The van der Waals surface area contributed by atoms with Crippen molar-refractivity contribution in [1.82, 2.24) is 9.55 Å². The Bertz CT molecular complexity index is 591. The summed E-state index contributed by atoms with van der Waals surface area (Å²) in [5.41, 5.74) is 0.808. The van der Waals surface area contributed by atoms with Gasteiger partial charge in [0.1, 0.15) is 5.75 Å². The molecule has 0 aliphatic rings. The Morgan fingerprint density at radius 1 is 1.56 bits per heavy atom. The molecular weight excluding hydrogens is 270 g/mol. The number of benzene rings is 1. The molecule has 1 aromatic carbocycles. The first-order valence-corrected chi connectivity index (χ1v) is 6.49. The molecule has 1 heterocycles. The molecule has 92 valence electrons. The normalized spacial score (nSPS) is 10.1. The van der Waals surface area contributed by atoms with Gasteiger partial charge in [-0.3, -0.25) is 4.57 Å². The van der Waals surface area contributed by atoms with Gasteiger partial charge in [0.2, 0.25) is 0 Å². The summed E-state index contributed by atoms with van der Waals surface area (Å²) in [7, 11) is 1.60. The summed E-state index contributed by atoms with van der Waals surface area (Å²) in [6.07, 6.45) is 3.49. The average Bonchev–Trinajstić information content (AvgIpc) is 2.84. The van der Waals surface area contributed by atoms with Gasteiger partial charge in [0.25, 0.3) is 0 Å². The maximum Gasteiger partial charge on any atom is 0.173 e. The fourth-order valence-electron chi connectivity index (χ4n) is 1.53. The van der Waals surface area contributed by atoms with Crippen molar-refractivity contribution in [3.05, 3.63) is 35.6 Å². The molecule has 2 aromatic rings. The highest BCUT2D eigenvalue weighted by molar-refractivity contribution is 7.99. The monoisotopic (exact) mass is 279 g/mol. The van der Waals surface area contributed by atoms with Gasteiger partial charge in [-0.1, -0.05) is 23.4 Å². The zero-order chi connectivity index (χ0) is 13.0. The molecule has 4 nitrogen and oxygen atoms in total. The second-order valence-corrected chi connectivity index (χ2v) is 4.72. The second-order valence-electron chi connectivity index (χ2n) is 3.34. The van der Waals surface area contributed by atoms with Crippen LogP contribution in [0.2, 0.25) is 5.02 Å². The number of ether oxygens (including phenoxy) is 1. The maximum atomic E-state index is 8.62. The molecule has 2 rings (SSSR count). The van der Waals surface area contributed by atoms with Crippen LogP contribution in [0.25, 0.3) is 5.69 Å². The van der Waals surface area contributed by atoms with E-state index < -0.39 is 0 Å². The first-order valence-electron chi connectivity index (χ1n) is 5.13. The third-order valence-electron chi connectivity index (χ3n) is 2.27. The lowest BCUT2D eigenvalue weighted by Gasteiger charge is -2.11. The Labute approximate surface area is 114 Å². The van der Waals surface area contributed by atoms with Crippen LogP contribution in [-0.4, -0.2) is 22.4 Å². The van der Waals surface area contributed by atoms with Crippen LogP contribution in [0.1, 0.15) is 0 Å². The van der Waals surface area contributed by atoms with Crippen LogP contribution in [0.3, 0.4) is 0 Å². The predicted molar refractivity (Wildman–Crippen MR) is 71.5 cm³/mol. The molecule has 18 heavy (non-hydrogen) atoms. The number of methoxy groups -OCH3 is 1. The van der Waals surface area contributed by atoms with E-state index in [9.17, 15) is 0 Å². The predicted octanol–water partition coefficient (Wildman–Crippen LogP) is 3.15. The summed E-state index contributed by atoms with van der Waals surface area (Å²) < 4.78 is 7.16. The number of imidazole rings is 1. The van der Waals surface area contributed by atoms with E-state index >= 15 is 0 Å². The standard InChI is InChI=1S/C12H10ClN3OS/c1-17-11-3-2-9(13)8-10(11)16-6-5-15-12(16)18-7-4-14/h2-3,5-6,8H,7H2,1H3. The number of aromatic nitrogens is 2. The number of hydrogen-bond acceptors (Lipinski definition) is 4. The van der Waals surface area contributed by atoms with Crippen LogP contribution in [0, 0.1) is 11.3 Å². The number of rotatable bonds is 4. The minimum Gasteiger partial charge on any atom is -0.495 e. The number of nitrogens with zero attached hydrogens (tertiary/aromatic N) is 3. The molecule has 0 atom stereocenters. The van der Waals surface area contributed by atoms with Crippen LogP contribution in [0.4, 0.5) is 0 Å². The van der Waals surface area contributed by atoms with Crippen molar-refractivity contribution in [2.45, 2.75) is 5.16 Å². The van der Waals surface area contributed by atoms with Gasteiger partial charge >= 0.3 is 0 Å². The van der Waals surface area contributed by atoms with Crippen molar-refractivity contribution in [3.8, 4) is 17.5 Å². The minimum atomic E-state index is 0.347. The van der Waals surface area contributed by atoms with Gasteiger partial charge in [-0.15, -0.1) is 0 Å². The molecule has 0 radical (unpaired) electrons. The summed E-state index contributed by atoms with van der Waals surface area (Å²) in [4.78, 5) is 4.21. The molecule has 0 aliphatic heterocycles. The lowest BCUT2D eigenvalue weighted by molar-refractivity contribution is 0.412. The first-order chi connectivity index (χ1) is 8.76. The molecule has 0 fully saturated rings. The van der Waals surface area contributed by atoms with Crippen LogP contribution in [0.15, 0.2) is 35.7 Å². The average molecular weight is 280 g/mol. The van der Waals surface area contributed by atoms with Crippen LogP contribution in [-0.2, 0) is 0 Å². The number of hydrogen-bond donors (Lipinski definition) is 0. The lowest BCUT2D eigenvalue weighted by atomic mass is 10.3. The van der Waals surface area contributed by atoms with Crippen molar-refractivity contribution in [2.24, 2.45) is 0 Å². The van der Waals surface area contributed by atoms with Gasteiger partial charge in [0, 0.05) is 17.4 Å². The molecule has 0 unspecified atom stereocenters. The van der Waals surface area contributed by atoms with E-state index in [1.165, 1.54) is 11.8 Å². The largest absolute Gasteiger partial charge is 0.495 e. The summed E-state index contributed by atoms with van der Waals surface area (Å²) >= 11 is 7.36. The highest BCUT2D eigenvalue weighted by Gasteiger charge is 2.10. The number of halogens is 1. The van der Waals surface area contributed by atoms with E-state index in [4.69, 9.17) is 21.6 Å². The summed E-state index contributed by atoms with van der Waals surface area (Å²) in [5, 5.41) is 9.97. The van der Waals surface area contributed by atoms with Crippen molar-refractivity contribution in [2.75, 3.05) is 12.9 Å². The quantitative estimate of drug-likeness (QED) is 0.807. The van der Waals surface area contributed by atoms with Gasteiger partial charge in [-0.05, 0) is 18.2 Å². The van der Waals surface area contributed by atoms with Gasteiger partial charge < -0.3 is 4.74 Å². The highest BCUT2D eigenvalue weighted by atomic mass is 35.5. The third-order valence-corrected chi connectivity index (χ3v) is 3.34. The van der Waals surface area contributed by atoms with Gasteiger partial charge in [-0.2, -0.15) is 5.26 Å². The van der Waals surface area contributed by atoms with Gasteiger partial charge in [-0.25, -0.2) is 4.98 Å². The molecular formula is C12H10ClN3OS. The van der Waals surface area contributed by atoms with E-state index in [1.54, 1.807) is 31.5 Å². The first kappa shape index (κ1) is 12.8. The van der Waals surface area contributed by atoms with E-state index in [-0.39, 0.29) is 0 Å². The molecule has 0 saturated carbocycles. The van der Waals surface area contributed by atoms with Crippen LogP contribution >= 0.6 is 23.4 Å². The van der Waals surface area contributed by atoms with E-state index in [2.05, 4.69) is 11.1 Å². The molecule has 1 aromatic heterocycles. The highest BCUT2D eigenvalue weighted by Crippen LogP contribution is 2.29. The van der Waals surface area contributed by atoms with Crippen molar-refractivity contribution in [1.29, 1.82) is 5.26 Å². The molecule has 0 bridgehead atoms. The fraction of sp³-hybridized carbons (Fsp3) is 0.167. The summed E-state index contributed by atoms with van der Waals surface area (Å²) in [6, 6.07) is 7.45. The molecule has 0 aliphatic carbocycles. The third kappa shape index (κ3) is 2.61. The van der Waals surface area contributed by atoms with Crippen molar-refractivity contribution in [3.63, 3.8) is 0 Å². The Hall–Kier alpha value is -1.64. The zero-order valence-corrected chi connectivity index (χ0v) is 11.2. The molecule has 0 saturated heterocycles. The molecule has 0 N–H and O–H groups in total. The fourth-order valence-corrected chi connectivity index (χ4v) is 2.32. The second kappa shape index (κ2) is 5.80. The Morgan fingerprint density at radius 2 is 2.39 bits per heavy atom. The van der Waals surface area contributed by atoms with Crippen molar-refractivity contribution >= 4 is 23.4 Å². The van der Waals surface area contributed by atoms with E-state index in [0.717, 1.165) is 10.8 Å². The SMILES string of the molecule is COc1ccc(Cl)cc1-n1ccnc1SCC#N. The summed E-state index contributed by atoms with van der Waals surface area (Å²) in [6.45, 7) is 0.